The fourth-order valence-electron chi connectivity index (χ4n) is 2.12. The van der Waals surface area contributed by atoms with Gasteiger partial charge in [-0.2, -0.15) is 13.2 Å². The lowest BCUT2D eigenvalue weighted by atomic mass is 9.98. The Morgan fingerprint density at radius 1 is 1.25 bits per heavy atom. The maximum atomic E-state index is 13.8. The maximum absolute atomic E-state index is 13.8. The Hall–Kier alpha value is -1.10. The largest absolute Gasteiger partial charge is 0.389 e. The second-order valence-corrected chi connectivity index (χ2v) is 5.04. The van der Waals surface area contributed by atoms with E-state index in [0.29, 0.717) is 12.1 Å². The second-order valence-electron chi connectivity index (χ2n) is 5.04. The standard InChI is InChI=1S/C15H21F4N/c1-3-9-20-14(5-4-8-15(17,18)19)12-10-11(2)6-7-13(12)16/h6-7,10,14,20H,3-5,8-9H2,1-2H3. The van der Waals surface area contributed by atoms with Gasteiger partial charge in [-0.3, -0.25) is 0 Å². The monoisotopic (exact) mass is 291 g/mol. The molecular formula is C15H21F4N. The summed E-state index contributed by atoms with van der Waals surface area (Å²) in [5.41, 5.74) is 1.36. The van der Waals surface area contributed by atoms with Gasteiger partial charge in [0.05, 0.1) is 0 Å². The first-order valence-electron chi connectivity index (χ1n) is 6.89. The molecule has 1 aromatic carbocycles. The fourth-order valence-corrected chi connectivity index (χ4v) is 2.12. The van der Waals surface area contributed by atoms with Crippen molar-refractivity contribution in [3.8, 4) is 0 Å². The van der Waals surface area contributed by atoms with Gasteiger partial charge in [-0.1, -0.05) is 24.6 Å². The number of halogens is 4. The van der Waals surface area contributed by atoms with Gasteiger partial charge in [-0.15, -0.1) is 0 Å². The fraction of sp³-hybridized carbons (Fsp3) is 0.600. The number of nitrogens with one attached hydrogen (secondary N) is 1. The minimum Gasteiger partial charge on any atom is -0.310 e. The number of benzene rings is 1. The molecular weight excluding hydrogens is 270 g/mol. The van der Waals surface area contributed by atoms with Gasteiger partial charge in [-0.05, 0) is 38.8 Å². The van der Waals surface area contributed by atoms with E-state index in [9.17, 15) is 17.6 Å². The lowest BCUT2D eigenvalue weighted by Gasteiger charge is -2.20. The zero-order valence-corrected chi connectivity index (χ0v) is 11.9. The van der Waals surface area contributed by atoms with Gasteiger partial charge >= 0.3 is 6.18 Å². The summed E-state index contributed by atoms with van der Waals surface area (Å²) in [5, 5.41) is 3.13. The third kappa shape index (κ3) is 5.90. The molecule has 1 rings (SSSR count). The van der Waals surface area contributed by atoms with Crippen molar-refractivity contribution in [1.82, 2.24) is 5.32 Å². The lowest BCUT2D eigenvalue weighted by Crippen LogP contribution is -2.23. The zero-order valence-electron chi connectivity index (χ0n) is 11.9. The SMILES string of the molecule is CCCNC(CCCC(F)(F)F)c1cc(C)ccc1F. The van der Waals surface area contributed by atoms with E-state index in [4.69, 9.17) is 0 Å². The topological polar surface area (TPSA) is 12.0 Å². The van der Waals surface area contributed by atoms with E-state index in [1.807, 2.05) is 13.8 Å². The lowest BCUT2D eigenvalue weighted by molar-refractivity contribution is -0.135. The third-order valence-corrected chi connectivity index (χ3v) is 3.12. The number of aryl methyl sites for hydroxylation is 1. The van der Waals surface area contributed by atoms with Crippen LogP contribution in [0.15, 0.2) is 18.2 Å². The molecule has 0 spiro atoms. The quantitative estimate of drug-likeness (QED) is 0.704. The van der Waals surface area contributed by atoms with Gasteiger partial charge in [0.2, 0.25) is 0 Å². The minimum atomic E-state index is -4.15. The molecule has 0 aliphatic heterocycles. The highest BCUT2D eigenvalue weighted by Gasteiger charge is 2.27. The Bertz CT molecular complexity index is 415. The first-order valence-corrected chi connectivity index (χ1v) is 6.89. The van der Waals surface area contributed by atoms with Crippen LogP contribution < -0.4 is 5.32 Å². The van der Waals surface area contributed by atoms with Crippen molar-refractivity contribution >= 4 is 0 Å². The van der Waals surface area contributed by atoms with Gasteiger partial charge in [-0.25, -0.2) is 4.39 Å². The van der Waals surface area contributed by atoms with Crippen LogP contribution in [0.25, 0.3) is 0 Å². The maximum Gasteiger partial charge on any atom is 0.389 e. The van der Waals surface area contributed by atoms with Crippen molar-refractivity contribution in [2.24, 2.45) is 0 Å². The number of rotatable bonds is 7. The van der Waals surface area contributed by atoms with Crippen LogP contribution in [0, 0.1) is 12.7 Å². The molecule has 0 amide bonds. The molecule has 114 valence electrons. The first-order chi connectivity index (χ1) is 9.33. The highest BCUT2D eigenvalue weighted by atomic mass is 19.4. The van der Waals surface area contributed by atoms with E-state index < -0.39 is 12.6 Å². The van der Waals surface area contributed by atoms with Crippen LogP contribution in [0.2, 0.25) is 0 Å². The molecule has 1 atom stereocenters. The molecule has 0 radical (unpaired) electrons. The molecule has 1 nitrogen and oxygen atoms in total. The molecule has 0 saturated carbocycles. The van der Waals surface area contributed by atoms with Crippen LogP contribution in [0.1, 0.15) is 49.8 Å². The van der Waals surface area contributed by atoms with E-state index in [1.54, 1.807) is 12.1 Å². The molecule has 0 aromatic heterocycles. The highest BCUT2D eigenvalue weighted by molar-refractivity contribution is 5.26. The van der Waals surface area contributed by atoms with Crippen LogP contribution >= 0.6 is 0 Å². The summed E-state index contributed by atoms with van der Waals surface area (Å²) in [6, 6.07) is 4.37. The Kier molecular flexibility index (Phi) is 6.46. The number of hydrogen-bond acceptors (Lipinski definition) is 1. The summed E-state index contributed by atoms with van der Waals surface area (Å²) >= 11 is 0. The molecule has 0 fully saturated rings. The Balaban J connectivity index is 2.75. The van der Waals surface area contributed by atoms with Crippen molar-refractivity contribution in [2.75, 3.05) is 6.54 Å². The smallest absolute Gasteiger partial charge is 0.310 e. The predicted octanol–water partition coefficient (Wildman–Crippen LogP) is 4.91. The molecule has 1 unspecified atom stereocenters. The van der Waals surface area contributed by atoms with Crippen LogP contribution in [0.5, 0.6) is 0 Å². The summed E-state index contributed by atoms with van der Waals surface area (Å²) in [5.74, 6) is -0.365. The van der Waals surface area contributed by atoms with E-state index in [0.717, 1.165) is 12.0 Å². The van der Waals surface area contributed by atoms with E-state index in [2.05, 4.69) is 5.32 Å². The Labute approximate surface area is 117 Å². The summed E-state index contributed by atoms with van der Waals surface area (Å²) in [4.78, 5) is 0. The van der Waals surface area contributed by atoms with Crippen molar-refractivity contribution in [2.45, 2.75) is 51.7 Å². The predicted molar refractivity (Wildman–Crippen MR) is 72.1 cm³/mol. The van der Waals surface area contributed by atoms with Gasteiger partial charge in [0, 0.05) is 18.0 Å². The molecule has 0 heterocycles. The first kappa shape index (κ1) is 17.0. The third-order valence-electron chi connectivity index (χ3n) is 3.12. The van der Waals surface area contributed by atoms with Crippen LogP contribution in [-0.2, 0) is 0 Å². The van der Waals surface area contributed by atoms with Crippen LogP contribution in [0.4, 0.5) is 17.6 Å². The van der Waals surface area contributed by atoms with Crippen molar-refractivity contribution in [3.05, 3.63) is 35.1 Å². The molecule has 5 heteroatoms. The van der Waals surface area contributed by atoms with Crippen molar-refractivity contribution in [1.29, 1.82) is 0 Å². The molecule has 0 bridgehead atoms. The van der Waals surface area contributed by atoms with Crippen molar-refractivity contribution in [3.63, 3.8) is 0 Å². The molecule has 1 N–H and O–H groups in total. The van der Waals surface area contributed by atoms with Gasteiger partial charge in [0.15, 0.2) is 0 Å². The molecule has 0 aliphatic carbocycles. The summed E-state index contributed by atoms with van der Waals surface area (Å²) in [6.45, 7) is 4.46. The molecule has 0 aliphatic rings. The summed E-state index contributed by atoms with van der Waals surface area (Å²) in [6.07, 6.45) is -3.85. The summed E-state index contributed by atoms with van der Waals surface area (Å²) < 4.78 is 50.5. The van der Waals surface area contributed by atoms with Crippen LogP contribution in [-0.4, -0.2) is 12.7 Å². The Morgan fingerprint density at radius 3 is 2.55 bits per heavy atom. The van der Waals surface area contributed by atoms with Crippen molar-refractivity contribution < 1.29 is 17.6 Å². The number of hydrogen-bond donors (Lipinski definition) is 1. The van der Waals surface area contributed by atoms with Gasteiger partial charge in [0.1, 0.15) is 5.82 Å². The van der Waals surface area contributed by atoms with E-state index in [1.165, 1.54) is 6.07 Å². The average Bonchev–Trinajstić information content (AvgIpc) is 2.35. The van der Waals surface area contributed by atoms with E-state index in [-0.39, 0.29) is 24.7 Å². The zero-order chi connectivity index (χ0) is 15.2. The molecule has 1 aromatic rings. The second kappa shape index (κ2) is 7.62. The molecule has 0 saturated heterocycles. The number of alkyl halides is 3. The minimum absolute atomic E-state index is 0.00172. The summed E-state index contributed by atoms with van der Waals surface area (Å²) in [7, 11) is 0. The average molecular weight is 291 g/mol. The highest BCUT2D eigenvalue weighted by Crippen LogP contribution is 2.28. The van der Waals surface area contributed by atoms with Gasteiger partial charge in [0.25, 0.3) is 0 Å². The Morgan fingerprint density at radius 2 is 1.95 bits per heavy atom. The van der Waals surface area contributed by atoms with Crippen LogP contribution in [0.3, 0.4) is 0 Å². The van der Waals surface area contributed by atoms with Gasteiger partial charge < -0.3 is 5.32 Å². The van der Waals surface area contributed by atoms with E-state index >= 15 is 0 Å². The normalized spacial score (nSPS) is 13.5. The molecule has 20 heavy (non-hydrogen) atoms.